The van der Waals surface area contributed by atoms with Gasteiger partial charge in [0, 0.05) is 19.8 Å². The van der Waals surface area contributed by atoms with Gasteiger partial charge in [0.1, 0.15) is 17.8 Å². The summed E-state index contributed by atoms with van der Waals surface area (Å²) in [6.07, 6.45) is 7.05. The summed E-state index contributed by atoms with van der Waals surface area (Å²) in [5.41, 5.74) is 0.660. The van der Waals surface area contributed by atoms with Crippen molar-refractivity contribution in [3.05, 3.63) is 41.5 Å². The number of unbranched alkanes of at least 4 members (excludes halogenated alkanes) is 4. The van der Waals surface area contributed by atoms with E-state index in [1.165, 1.54) is 38.3 Å². The van der Waals surface area contributed by atoms with E-state index in [4.69, 9.17) is 14.3 Å². The zero-order chi connectivity index (χ0) is 25.8. The molecule has 0 bridgehead atoms. The highest BCUT2D eigenvalue weighted by Gasteiger charge is 2.26. The number of rotatable bonds is 15. The minimum absolute atomic E-state index is 0.00813. The molecule has 194 valence electrons. The molecule has 2 aromatic rings. The number of carbonyl (C=O) groups is 2. The average Bonchev–Trinajstić information content (AvgIpc) is 3.25. The van der Waals surface area contributed by atoms with E-state index in [2.05, 4.69) is 32.2 Å². The molecule has 4 N–H and O–H groups in total. The molecule has 0 saturated heterocycles. The highest BCUT2D eigenvalue weighted by atomic mass is 31.2. The van der Waals surface area contributed by atoms with Crippen LogP contribution in [0, 0.1) is 0 Å². The molecule has 0 spiro atoms. The Bertz CT molecular complexity index is 990. The van der Waals surface area contributed by atoms with Crippen LogP contribution in [-0.2, 0) is 27.0 Å². The first-order valence-corrected chi connectivity index (χ1v) is 13.4. The predicted octanol–water partition coefficient (Wildman–Crippen LogP) is 3.37. The van der Waals surface area contributed by atoms with E-state index in [9.17, 15) is 14.2 Å². The molecule has 0 radical (unpaired) electrons. The van der Waals surface area contributed by atoms with Crippen LogP contribution in [0.5, 0.6) is 5.75 Å². The molecule has 35 heavy (non-hydrogen) atoms. The highest BCUT2D eigenvalue weighted by Crippen LogP contribution is 2.37. The number of phosphoric ester groups is 1. The zero-order valence-electron chi connectivity index (χ0n) is 20.4. The van der Waals surface area contributed by atoms with Crippen molar-refractivity contribution in [2.24, 2.45) is 0 Å². The largest absolute Gasteiger partial charge is 0.524 e. The van der Waals surface area contributed by atoms with Crippen molar-refractivity contribution in [1.82, 2.24) is 20.8 Å². The third kappa shape index (κ3) is 10.6. The lowest BCUT2D eigenvalue weighted by molar-refractivity contribution is -0.128. The summed E-state index contributed by atoms with van der Waals surface area (Å²) in [6.45, 7) is 5.37. The molecule has 0 unspecified atom stereocenters. The second-order valence-corrected chi connectivity index (χ2v) is 9.53. The van der Waals surface area contributed by atoms with Gasteiger partial charge in [-0.1, -0.05) is 56.8 Å². The standard InChI is InChI=1S/C23H35N4O7P/c1-4-6-7-8-9-10-21-26-23(33-27-21)19(5-2)25-22(29)20(24-16(3)28)15-17-11-13-18(14-12-17)34-35(30,31)32/h11-14,19-20H,4-10,15H2,1-3H3,(H,24,28)(H,25,29)(H2,30,31,32)/t19-,20-/m0/s1. The minimum atomic E-state index is -4.66. The molecule has 1 aromatic heterocycles. The van der Waals surface area contributed by atoms with Crippen LogP contribution in [0.15, 0.2) is 28.8 Å². The quantitative estimate of drug-likeness (QED) is 0.208. The maximum atomic E-state index is 13.0. The fraction of sp³-hybridized carbons (Fsp3) is 0.565. The van der Waals surface area contributed by atoms with Crippen molar-refractivity contribution in [1.29, 1.82) is 0 Å². The van der Waals surface area contributed by atoms with E-state index in [-0.39, 0.29) is 18.1 Å². The number of aromatic nitrogens is 2. The third-order valence-corrected chi connectivity index (χ3v) is 5.74. The molecule has 0 fully saturated rings. The number of aryl methyl sites for hydroxylation is 1. The molecular weight excluding hydrogens is 475 g/mol. The summed E-state index contributed by atoms with van der Waals surface area (Å²) in [6, 6.07) is 4.52. The van der Waals surface area contributed by atoms with Crippen molar-refractivity contribution in [3.63, 3.8) is 0 Å². The van der Waals surface area contributed by atoms with Gasteiger partial charge in [0.25, 0.3) is 0 Å². The summed E-state index contributed by atoms with van der Waals surface area (Å²) in [7, 11) is -4.66. The Labute approximate surface area is 205 Å². The maximum Gasteiger partial charge on any atom is 0.524 e. The zero-order valence-corrected chi connectivity index (χ0v) is 21.3. The van der Waals surface area contributed by atoms with Gasteiger partial charge in [-0.25, -0.2) is 4.57 Å². The summed E-state index contributed by atoms with van der Waals surface area (Å²) >= 11 is 0. The van der Waals surface area contributed by atoms with Gasteiger partial charge in [0.05, 0.1) is 0 Å². The molecule has 12 heteroatoms. The van der Waals surface area contributed by atoms with Crippen LogP contribution >= 0.6 is 7.82 Å². The maximum absolute atomic E-state index is 13.0. The van der Waals surface area contributed by atoms with Crippen LogP contribution in [0.2, 0.25) is 0 Å². The number of hydrogen-bond acceptors (Lipinski definition) is 7. The lowest BCUT2D eigenvalue weighted by Crippen LogP contribution is -2.48. The Hall–Kier alpha value is -2.75. The summed E-state index contributed by atoms with van der Waals surface area (Å²) in [5.74, 6) is 0.140. The van der Waals surface area contributed by atoms with E-state index in [1.54, 1.807) is 12.1 Å². The van der Waals surface area contributed by atoms with Gasteiger partial charge in [-0.05, 0) is 30.5 Å². The van der Waals surface area contributed by atoms with Crippen LogP contribution in [0.3, 0.4) is 0 Å². The molecule has 2 amide bonds. The van der Waals surface area contributed by atoms with Crippen LogP contribution in [0.1, 0.15) is 82.6 Å². The second-order valence-electron chi connectivity index (χ2n) is 8.37. The molecule has 1 aromatic carbocycles. The van der Waals surface area contributed by atoms with E-state index < -0.39 is 25.8 Å². The summed E-state index contributed by atoms with van der Waals surface area (Å²) < 4.78 is 20.9. The van der Waals surface area contributed by atoms with Crippen molar-refractivity contribution in [2.45, 2.75) is 84.2 Å². The Morgan fingerprint density at radius 1 is 1.09 bits per heavy atom. The van der Waals surface area contributed by atoms with E-state index in [0.717, 1.165) is 12.8 Å². The highest BCUT2D eigenvalue weighted by molar-refractivity contribution is 7.46. The van der Waals surface area contributed by atoms with Crippen molar-refractivity contribution in [2.75, 3.05) is 0 Å². The van der Waals surface area contributed by atoms with E-state index in [1.807, 2.05) is 6.92 Å². The minimum Gasteiger partial charge on any atom is -0.404 e. The second kappa shape index (κ2) is 14.0. The molecule has 11 nitrogen and oxygen atoms in total. The molecule has 0 aliphatic carbocycles. The number of amides is 2. The first-order chi connectivity index (χ1) is 16.6. The number of nitrogens with zero attached hydrogens (tertiary/aromatic N) is 2. The van der Waals surface area contributed by atoms with Crippen LogP contribution < -0.4 is 15.2 Å². The van der Waals surface area contributed by atoms with Gasteiger partial charge in [0.15, 0.2) is 5.82 Å². The molecular formula is C23H35N4O7P. The van der Waals surface area contributed by atoms with Gasteiger partial charge < -0.3 is 19.7 Å². The van der Waals surface area contributed by atoms with Gasteiger partial charge in [-0.3, -0.25) is 19.4 Å². The fourth-order valence-electron chi connectivity index (χ4n) is 3.52. The predicted molar refractivity (Wildman–Crippen MR) is 128 cm³/mol. The number of nitrogens with one attached hydrogen (secondary N) is 2. The van der Waals surface area contributed by atoms with Crippen LogP contribution in [-0.4, -0.2) is 37.8 Å². The fourth-order valence-corrected chi connectivity index (χ4v) is 3.92. The summed E-state index contributed by atoms with van der Waals surface area (Å²) in [5, 5.41) is 9.54. The monoisotopic (exact) mass is 510 g/mol. The molecule has 2 atom stereocenters. The number of carbonyl (C=O) groups excluding carboxylic acids is 2. The first-order valence-electron chi connectivity index (χ1n) is 11.8. The van der Waals surface area contributed by atoms with E-state index in [0.29, 0.717) is 30.1 Å². The Kier molecular flexibility index (Phi) is 11.4. The molecule has 1 heterocycles. The third-order valence-electron chi connectivity index (χ3n) is 5.29. The van der Waals surface area contributed by atoms with Crippen molar-refractivity contribution in [3.8, 4) is 5.75 Å². The Morgan fingerprint density at radius 3 is 2.37 bits per heavy atom. The number of phosphoric acid groups is 1. The Morgan fingerprint density at radius 2 is 1.77 bits per heavy atom. The summed E-state index contributed by atoms with van der Waals surface area (Å²) in [4.78, 5) is 47.0. The van der Waals surface area contributed by atoms with Gasteiger partial charge in [0.2, 0.25) is 17.7 Å². The molecule has 0 aliphatic rings. The average molecular weight is 511 g/mol. The normalized spacial score (nSPS) is 13.2. The van der Waals surface area contributed by atoms with Gasteiger partial charge >= 0.3 is 7.82 Å². The molecule has 2 rings (SSSR count). The molecule has 0 saturated carbocycles. The van der Waals surface area contributed by atoms with Gasteiger partial charge in [-0.2, -0.15) is 4.98 Å². The SMILES string of the molecule is CCCCCCCc1noc([C@H](CC)NC(=O)[C@H](Cc2ccc(OP(=O)(O)O)cc2)NC(C)=O)n1. The smallest absolute Gasteiger partial charge is 0.404 e. The number of benzene rings is 1. The van der Waals surface area contributed by atoms with Crippen LogP contribution in [0.4, 0.5) is 0 Å². The van der Waals surface area contributed by atoms with Crippen molar-refractivity contribution >= 4 is 19.6 Å². The molecule has 0 aliphatic heterocycles. The van der Waals surface area contributed by atoms with Gasteiger partial charge in [-0.15, -0.1) is 0 Å². The Balaban J connectivity index is 2.01. The van der Waals surface area contributed by atoms with Crippen molar-refractivity contribution < 1.29 is 33.0 Å². The van der Waals surface area contributed by atoms with Crippen LogP contribution in [0.25, 0.3) is 0 Å². The topological polar surface area (TPSA) is 164 Å². The first kappa shape index (κ1) is 28.5. The lowest BCUT2D eigenvalue weighted by atomic mass is 10.0. The lowest BCUT2D eigenvalue weighted by Gasteiger charge is -2.21. The number of hydrogen-bond donors (Lipinski definition) is 4. The van der Waals surface area contributed by atoms with E-state index >= 15 is 0 Å².